The summed E-state index contributed by atoms with van der Waals surface area (Å²) in [6.07, 6.45) is 2.99. The van der Waals surface area contributed by atoms with Crippen LogP contribution in [0.1, 0.15) is 13.8 Å². The van der Waals surface area contributed by atoms with E-state index >= 15 is 0 Å². The van der Waals surface area contributed by atoms with Gasteiger partial charge < -0.3 is 10.5 Å². The lowest BCUT2D eigenvalue weighted by Gasteiger charge is -2.12. The van der Waals surface area contributed by atoms with E-state index in [1.165, 1.54) is 12.4 Å². The highest BCUT2D eigenvalue weighted by Gasteiger charge is 2.20. The van der Waals surface area contributed by atoms with Crippen LogP contribution < -0.4 is 10.5 Å². The number of hydrogen-bond donors (Lipinski definition) is 1. The van der Waals surface area contributed by atoms with Crippen molar-refractivity contribution in [3.63, 3.8) is 0 Å². The van der Waals surface area contributed by atoms with Crippen LogP contribution in [0.5, 0.6) is 6.01 Å². The first-order chi connectivity index (χ1) is 6.61. The van der Waals surface area contributed by atoms with Crippen molar-refractivity contribution >= 4 is 5.97 Å². The zero-order valence-corrected chi connectivity index (χ0v) is 8.18. The maximum atomic E-state index is 11.3. The van der Waals surface area contributed by atoms with Crippen LogP contribution in [0, 0.1) is 5.92 Å². The van der Waals surface area contributed by atoms with Crippen molar-refractivity contribution < 1.29 is 9.53 Å². The predicted octanol–water partition coefficient (Wildman–Crippen LogP) is 0.365. The Hall–Kier alpha value is -1.49. The van der Waals surface area contributed by atoms with Crippen LogP contribution in [0.3, 0.4) is 0 Å². The zero-order chi connectivity index (χ0) is 10.6. The van der Waals surface area contributed by atoms with Crippen molar-refractivity contribution in [3.8, 4) is 6.01 Å². The Morgan fingerprint density at radius 2 is 2.00 bits per heavy atom. The minimum atomic E-state index is -0.640. The van der Waals surface area contributed by atoms with E-state index < -0.39 is 12.0 Å². The van der Waals surface area contributed by atoms with Crippen molar-refractivity contribution in [2.75, 3.05) is 0 Å². The third kappa shape index (κ3) is 2.77. The molecule has 14 heavy (non-hydrogen) atoms. The average molecular weight is 195 g/mol. The second kappa shape index (κ2) is 4.66. The summed E-state index contributed by atoms with van der Waals surface area (Å²) in [5, 5.41) is 0. The molecule has 76 valence electrons. The number of nitrogens with two attached hydrogens (primary N) is 1. The second-order valence-corrected chi connectivity index (χ2v) is 3.22. The summed E-state index contributed by atoms with van der Waals surface area (Å²) in [5.74, 6) is -0.475. The van der Waals surface area contributed by atoms with Gasteiger partial charge in [-0.05, 0) is 12.0 Å². The standard InChI is InChI=1S/C9H13N3O2/c1-6(2)7(10)8(13)14-9-11-4-3-5-12-9/h3-7H,10H2,1-2H3/t7-/m0/s1. The summed E-state index contributed by atoms with van der Waals surface area (Å²) in [7, 11) is 0. The van der Waals surface area contributed by atoms with Crippen molar-refractivity contribution in [3.05, 3.63) is 18.5 Å². The second-order valence-electron chi connectivity index (χ2n) is 3.22. The molecule has 0 spiro atoms. The lowest BCUT2D eigenvalue weighted by molar-refractivity contribution is -0.137. The number of nitrogens with zero attached hydrogens (tertiary/aromatic N) is 2. The summed E-state index contributed by atoms with van der Waals surface area (Å²) >= 11 is 0. The molecule has 0 aliphatic carbocycles. The maximum Gasteiger partial charge on any atom is 0.330 e. The molecule has 0 bridgehead atoms. The number of hydrogen-bond acceptors (Lipinski definition) is 5. The third-order valence-electron chi connectivity index (χ3n) is 1.72. The maximum absolute atomic E-state index is 11.3. The molecule has 5 heteroatoms. The molecule has 0 saturated heterocycles. The summed E-state index contributed by atoms with van der Waals surface area (Å²) in [6, 6.07) is 1.03. The number of carbonyl (C=O) groups excluding carboxylic acids is 1. The van der Waals surface area contributed by atoms with Crippen LogP contribution in [0.15, 0.2) is 18.5 Å². The lowest BCUT2D eigenvalue weighted by Crippen LogP contribution is -2.38. The predicted molar refractivity (Wildman–Crippen MR) is 50.5 cm³/mol. The molecule has 0 unspecified atom stereocenters. The largest absolute Gasteiger partial charge is 0.390 e. The van der Waals surface area contributed by atoms with Gasteiger partial charge in [0.1, 0.15) is 6.04 Å². The van der Waals surface area contributed by atoms with E-state index in [4.69, 9.17) is 10.5 Å². The van der Waals surface area contributed by atoms with E-state index in [0.29, 0.717) is 0 Å². The summed E-state index contributed by atoms with van der Waals surface area (Å²) < 4.78 is 4.85. The topological polar surface area (TPSA) is 78.1 Å². The van der Waals surface area contributed by atoms with Crippen molar-refractivity contribution in [1.82, 2.24) is 9.97 Å². The quantitative estimate of drug-likeness (QED) is 0.705. The number of rotatable bonds is 3. The van der Waals surface area contributed by atoms with Crippen LogP contribution in [0.2, 0.25) is 0 Å². The highest BCUT2D eigenvalue weighted by Crippen LogP contribution is 2.04. The van der Waals surface area contributed by atoms with Crippen molar-refractivity contribution in [2.45, 2.75) is 19.9 Å². The zero-order valence-electron chi connectivity index (χ0n) is 8.18. The molecule has 1 rings (SSSR count). The third-order valence-corrected chi connectivity index (χ3v) is 1.72. The first-order valence-corrected chi connectivity index (χ1v) is 4.35. The first kappa shape index (κ1) is 10.6. The highest BCUT2D eigenvalue weighted by atomic mass is 16.5. The Bertz CT molecular complexity index is 300. The van der Waals surface area contributed by atoms with Gasteiger partial charge in [-0.3, -0.25) is 0 Å². The smallest absolute Gasteiger partial charge is 0.330 e. The number of ether oxygens (including phenoxy) is 1. The van der Waals surface area contributed by atoms with Gasteiger partial charge in [-0.25, -0.2) is 14.8 Å². The van der Waals surface area contributed by atoms with Gasteiger partial charge in [-0.15, -0.1) is 0 Å². The molecule has 0 fully saturated rings. The van der Waals surface area contributed by atoms with Gasteiger partial charge in [0.05, 0.1) is 0 Å². The molecule has 5 nitrogen and oxygen atoms in total. The Morgan fingerprint density at radius 1 is 1.43 bits per heavy atom. The van der Waals surface area contributed by atoms with Gasteiger partial charge in [0.25, 0.3) is 0 Å². The summed E-state index contributed by atoms with van der Waals surface area (Å²) in [4.78, 5) is 18.8. The van der Waals surface area contributed by atoms with Crippen LogP contribution in [0.25, 0.3) is 0 Å². The Labute approximate surface area is 82.3 Å². The monoisotopic (exact) mass is 195 g/mol. The van der Waals surface area contributed by atoms with Gasteiger partial charge in [-0.1, -0.05) is 13.8 Å². The number of aromatic nitrogens is 2. The highest BCUT2D eigenvalue weighted by molar-refractivity contribution is 5.77. The lowest BCUT2D eigenvalue weighted by atomic mass is 10.1. The van der Waals surface area contributed by atoms with E-state index in [0.717, 1.165) is 0 Å². The Balaban J connectivity index is 2.58. The molecular formula is C9H13N3O2. The Kier molecular flexibility index (Phi) is 3.53. The average Bonchev–Trinajstić information content (AvgIpc) is 2.18. The van der Waals surface area contributed by atoms with Crippen LogP contribution in [-0.2, 0) is 4.79 Å². The van der Waals surface area contributed by atoms with E-state index in [1.807, 2.05) is 13.8 Å². The SMILES string of the molecule is CC(C)[C@H](N)C(=O)Oc1ncccn1. The molecule has 0 aliphatic heterocycles. The van der Waals surface area contributed by atoms with Gasteiger partial charge in [0.15, 0.2) is 0 Å². The molecule has 0 radical (unpaired) electrons. The van der Waals surface area contributed by atoms with Gasteiger partial charge in [0.2, 0.25) is 0 Å². The van der Waals surface area contributed by atoms with E-state index in [1.54, 1.807) is 6.07 Å². The van der Waals surface area contributed by atoms with Gasteiger partial charge in [0, 0.05) is 12.4 Å². The van der Waals surface area contributed by atoms with Crippen LogP contribution in [0.4, 0.5) is 0 Å². The normalized spacial score (nSPS) is 12.6. The van der Waals surface area contributed by atoms with Crippen molar-refractivity contribution in [2.24, 2.45) is 11.7 Å². The molecule has 1 heterocycles. The molecule has 0 aromatic carbocycles. The molecule has 1 atom stereocenters. The molecule has 0 aliphatic rings. The van der Waals surface area contributed by atoms with E-state index in [9.17, 15) is 4.79 Å². The number of esters is 1. The van der Waals surface area contributed by atoms with Crippen LogP contribution in [-0.4, -0.2) is 22.0 Å². The summed E-state index contributed by atoms with van der Waals surface area (Å²) in [6.45, 7) is 3.69. The van der Waals surface area contributed by atoms with Gasteiger partial charge in [-0.2, -0.15) is 0 Å². The fraction of sp³-hybridized carbons (Fsp3) is 0.444. The minimum absolute atomic E-state index is 0.0335. The van der Waals surface area contributed by atoms with Gasteiger partial charge >= 0.3 is 12.0 Å². The van der Waals surface area contributed by atoms with E-state index in [2.05, 4.69) is 9.97 Å². The van der Waals surface area contributed by atoms with Crippen LogP contribution >= 0.6 is 0 Å². The fourth-order valence-electron chi connectivity index (χ4n) is 0.768. The molecule has 1 aromatic heterocycles. The molecule has 0 saturated carbocycles. The molecule has 1 aromatic rings. The minimum Gasteiger partial charge on any atom is -0.390 e. The number of carbonyl (C=O) groups is 1. The molecule has 0 amide bonds. The molecule has 2 N–H and O–H groups in total. The summed E-state index contributed by atoms with van der Waals surface area (Å²) in [5.41, 5.74) is 5.58. The van der Waals surface area contributed by atoms with Crippen molar-refractivity contribution in [1.29, 1.82) is 0 Å². The first-order valence-electron chi connectivity index (χ1n) is 4.35. The fourth-order valence-corrected chi connectivity index (χ4v) is 0.768. The Morgan fingerprint density at radius 3 is 2.50 bits per heavy atom. The molecular weight excluding hydrogens is 182 g/mol. The van der Waals surface area contributed by atoms with E-state index in [-0.39, 0.29) is 11.9 Å².